The molecule has 0 aliphatic rings. The van der Waals surface area contributed by atoms with E-state index in [1.807, 2.05) is 24.3 Å². The van der Waals surface area contributed by atoms with Gasteiger partial charge in [-0.05, 0) is 47.9 Å². The van der Waals surface area contributed by atoms with Gasteiger partial charge in [-0.1, -0.05) is 20.4 Å². The van der Waals surface area contributed by atoms with Gasteiger partial charge in [-0.25, -0.2) is 0 Å². The number of pyridine rings is 1. The highest BCUT2D eigenvalue weighted by atomic mass is 16.5. The fourth-order valence-electron chi connectivity index (χ4n) is 1.79. The van der Waals surface area contributed by atoms with Crippen LogP contribution in [0, 0.1) is 5.92 Å². The zero-order valence-corrected chi connectivity index (χ0v) is 13.4. The molecule has 0 bridgehead atoms. The number of hydrazine groups is 1. The van der Waals surface area contributed by atoms with E-state index in [0.717, 1.165) is 11.3 Å². The number of benzene rings is 1. The number of hydrogen-bond donors (Lipinski definition) is 2. The molecule has 0 spiro atoms. The molecule has 2 aromatic rings. The summed E-state index contributed by atoms with van der Waals surface area (Å²) in [6, 6.07) is 10.9. The van der Waals surface area contributed by atoms with E-state index in [0.29, 0.717) is 23.8 Å². The first-order valence-electron chi connectivity index (χ1n) is 7.45. The molecule has 1 aromatic heterocycles. The van der Waals surface area contributed by atoms with Crippen LogP contribution in [0.4, 0.5) is 0 Å². The smallest absolute Gasteiger partial charge is 0.271 e. The molecule has 0 aliphatic heterocycles. The van der Waals surface area contributed by atoms with Gasteiger partial charge >= 0.3 is 0 Å². The first kappa shape index (κ1) is 16.5. The van der Waals surface area contributed by atoms with Gasteiger partial charge in [0.15, 0.2) is 0 Å². The number of nitrogens with one attached hydrogen (secondary N) is 2. The minimum atomic E-state index is -0.267. The third kappa shape index (κ3) is 5.14. The van der Waals surface area contributed by atoms with Crippen molar-refractivity contribution in [1.29, 1.82) is 0 Å². The number of hydrogen-bond acceptors (Lipinski definition) is 4. The van der Waals surface area contributed by atoms with Crippen LogP contribution in [0.1, 0.15) is 29.8 Å². The molecule has 2 N–H and O–H groups in total. The summed E-state index contributed by atoms with van der Waals surface area (Å²) in [5, 5.41) is 0. The standard InChI is InChI=1S/C18H21N3O2/c1-13(2)12-23-17-8-6-15(7-9-17)14(3)20-21-18(22)16-5-4-10-19-11-16/h4-11,13,20H,3,12H2,1-2H3,(H,21,22). The van der Waals surface area contributed by atoms with Crippen molar-refractivity contribution in [3.05, 3.63) is 66.5 Å². The van der Waals surface area contributed by atoms with Gasteiger partial charge in [0.25, 0.3) is 5.91 Å². The molecule has 2 rings (SSSR count). The first-order valence-corrected chi connectivity index (χ1v) is 7.45. The highest BCUT2D eigenvalue weighted by molar-refractivity contribution is 5.94. The average molecular weight is 311 g/mol. The van der Waals surface area contributed by atoms with Crippen LogP contribution in [0.5, 0.6) is 5.75 Å². The normalized spacial score (nSPS) is 10.2. The van der Waals surface area contributed by atoms with Gasteiger partial charge in [-0.2, -0.15) is 0 Å². The van der Waals surface area contributed by atoms with E-state index >= 15 is 0 Å². The molecule has 0 saturated carbocycles. The van der Waals surface area contributed by atoms with Crippen molar-refractivity contribution < 1.29 is 9.53 Å². The molecule has 1 amide bonds. The maximum Gasteiger partial charge on any atom is 0.271 e. The van der Waals surface area contributed by atoms with Crippen LogP contribution in [-0.4, -0.2) is 17.5 Å². The molecule has 5 heteroatoms. The second-order valence-electron chi connectivity index (χ2n) is 5.53. The minimum absolute atomic E-state index is 0.267. The van der Waals surface area contributed by atoms with E-state index in [4.69, 9.17) is 4.74 Å². The van der Waals surface area contributed by atoms with Gasteiger partial charge in [0.05, 0.1) is 17.9 Å². The summed E-state index contributed by atoms with van der Waals surface area (Å²) in [5.41, 5.74) is 7.34. The minimum Gasteiger partial charge on any atom is -0.493 e. The summed E-state index contributed by atoms with van der Waals surface area (Å²) >= 11 is 0. The third-order valence-corrected chi connectivity index (χ3v) is 3.04. The van der Waals surface area contributed by atoms with Crippen molar-refractivity contribution in [2.24, 2.45) is 5.92 Å². The van der Waals surface area contributed by atoms with Gasteiger partial charge in [0, 0.05) is 12.4 Å². The Morgan fingerprint density at radius 3 is 2.52 bits per heavy atom. The number of nitrogens with zero attached hydrogens (tertiary/aromatic N) is 1. The van der Waals surface area contributed by atoms with Crippen LogP contribution >= 0.6 is 0 Å². The van der Waals surface area contributed by atoms with Crippen molar-refractivity contribution in [2.45, 2.75) is 13.8 Å². The molecule has 0 fully saturated rings. The zero-order chi connectivity index (χ0) is 16.7. The summed E-state index contributed by atoms with van der Waals surface area (Å²) in [5.74, 6) is 1.03. The highest BCUT2D eigenvalue weighted by Gasteiger charge is 2.06. The van der Waals surface area contributed by atoms with E-state index in [-0.39, 0.29) is 5.91 Å². The summed E-state index contributed by atoms with van der Waals surface area (Å²) in [6.07, 6.45) is 3.12. The van der Waals surface area contributed by atoms with E-state index in [1.165, 1.54) is 6.20 Å². The molecule has 1 aromatic carbocycles. The lowest BCUT2D eigenvalue weighted by molar-refractivity contribution is 0.0942. The number of amides is 1. The number of carbonyl (C=O) groups excluding carboxylic acids is 1. The molecule has 0 saturated heterocycles. The Balaban J connectivity index is 1.87. The molecule has 0 atom stereocenters. The number of carbonyl (C=O) groups is 1. The largest absolute Gasteiger partial charge is 0.493 e. The fourth-order valence-corrected chi connectivity index (χ4v) is 1.79. The van der Waals surface area contributed by atoms with Gasteiger partial charge < -0.3 is 4.74 Å². The Bertz CT molecular complexity index is 652. The molecule has 23 heavy (non-hydrogen) atoms. The average Bonchev–Trinajstić information content (AvgIpc) is 2.58. The van der Waals surface area contributed by atoms with E-state index in [2.05, 4.69) is 36.3 Å². The quantitative estimate of drug-likeness (QED) is 0.772. The summed E-state index contributed by atoms with van der Waals surface area (Å²) < 4.78 is 5.63. The molecule has 0 radical (unpaired) electrons. The zero-order valence-electron chi connectivity index (χ0n) is 13.4. The van der Waals surface area contributed by atoms with E-state index < -0.39 is 0 Å². The topological polar surface area (TPSA) is 63.2 Å². The lowest BCUT2D eigenvalue weighted by Gasteiger charge is -2.12. The maximum atomic E-state index is 11.9. The highest BCUT2D eigenvalue weighted by Crippen LogP contribution is 2.16. The molecule has 1 heterocycles. The Kier molecular flexibility index (Phi) is 5.74. The van der Waals surface area contributed by atoms with E-state index in [9.17, 15) is 4.79 Å². The van der Waals surface area contributed by atoms with Crippen molar-refractivity contribution in [3.8, 4) is 5.75 Å². The third-order valence-electron chi connectivity index (χ3n) is 3.04. The van der Waals surface area contributed by atoms with Crippen molar-refractivity contribution in [2.75, 3.05) is 6.61 Å². The van der Waals surface area contributed by atoms with Gasteiger partial charge in [0.1, 0.15) is 5.75 Å². The summed E-state index contributed by atoms with van der Waals surface area (Å²) in [6.45, 7) is 8.80. The first-order chi connectivity index (χ1) is 11.1. The van der Waals surface area contributed by atoms with Crippen LogP contribution < -0.4 is 15.6 Å². The van der Waals surface area contributed by atoms with Gasteiger partial charge in [-0.3, -0.25) is 20.6 Å². The second kappa shape index (κ2) is 7.98. The van der Waals surface area contributed by atoms with E-state index in [1.54, 1.807) is 18.3 Å². The fraction of sp³-hybridized carbons (Fsp3) is 0.222. The lowest BCUT2D eigenvalue weighted by atomic mass is 10.2. The Labute approximate surface area is 136 Å². The van der Waals surface area contributed by atoms with Crippen LogP contribution in [0.15, 0.2) is 55.4 Å². The van der Waals surface area contributed by atoms with Crippen molar-refractivity contribution in [1.82, 2.24) is 15.8 Å². The lowest BCUT2D eigenvalue weighted by Crippen LogP contribution is -2.35. The Morgan fingerprint density at radius 1 is 1.17 bits per heavy atom. The summed E-state index contributed by atoms with van der Waals surface area (Å²) in [7, 11) is 0. The number of ether oxygens (including phenoxy) is 1. The summed E-state index contributed by atoms with van der Waals surface area (Å²) in [4.78, 5) is 15.8. The predicted molar refractivity (Wildman–Crippen MR) is 90.6 cm³/mol. The molecule has 0 aliphatic carbocycles. The van der Waals surface area contributed by atoms with Gasteiger partial charge in [-0.15, -0.1) is 0 Å². The van der Waals surface area contributed by atoms with Crippen LogP contribution in [0.25, 0.3) is 5.70 Å². The van der Waals surface area contributed by atoms with Crippen molar-refractivity contribution >= 4 is 11.6 Å². The molecule has 120 valence electrons. The maximum absolute atomic E-state index is 11.9. The van der Waals surface area contributed by atoms with Crippen LogP contribution in [0.2, 0.25) is 0 Å². The SMILES string of the molecule is C=C(NNC(=O)c1cccnc1)c1ccc(OCC(C)C)cc1. The second-order valence-corrected chi connectivity index (χ2v) is 5.53. The molecular weight excluding hydrogens is 290 g/mol. The number of rotatable bonds is 7. The molecule has 0 unspecified atom stereocenters. The van der Waals surface area contributed by atoms with Gasteiger partial charge in [0.2, 0.25) is 0 Å². The molecule has 5 nitrogen and oxygen atoms in total. The monoisotopic (exact) mass is 311 g/mol. The van der Waals surface area contributed by atoms with Crippen LogP contribution in [0.3, 0.4) is 0 Å². The predicted octanol–water partition coefficient (Wildman–Crippen LogP) is 3.02. The number of aromatic nitrogens is 1. The molecular formula is C18H21N3O2. The Hall–Kier alpha value is -2.82. The van der Waals surface area contributed by atoms with Crippen LogP contribution in [-0.2, 0) is 0 Å². The Morgan fingerprint density at radius 2 is 1.91 bits per heavy atom. The van der Waals surface area contributed by atoms with Crippen molar-refractivity contribution in [3.63, 3.8) is 0 Å².